The van der Waals surface area contributed by atoms with Crippen LogP contribution in [0.2, 0.25) is 0 Å². The van der Waals surface area contributed by atoms with E-state index in [2.05, 4.69) is 62.5 Å². The average Bonchev–Trinajstić information content (AvgIpc) is 2.48. The van der Waals surface area contributed by atoms with E-state index in [1.807, 2.05) is 7.05 Å². The van der Waals surface area contributed by atoms with Gasteiger partial charge in [-0.2, -0.15) is 0 Å². The molecule has 0 amide bonds. The van der Waals surface area contributed by atoms with Crippen molar-refractivity contribution < 1.29 is 0 Å². The van der Waals surface area contributed by atoms with E-state index in [0.717, 1.165) is 19.4 Å². The molecule has 0 spiro atoms. The molecule has 0 bridgehead atoms. The van der Waals surface area contributed by atoms with Crippen LogP contribution in [-0.2, 0) is 19.4 Å². The third kappa shape index (κ3) is 3.10. The van der Waals surface area contributed by atoms with Gasteiger partial charge in [0.2, 0.25) is 0 Å². The molecule has 0 fully saturated rings. The highest BCUT2D eigenvalue weighted by molar-refractivity contribution is 5.69. The molecule has 0 aliphatic carbocycles. The Bertz CT molecular complexity index is 584. The molecule has 20 heavy (non-hydrogen) atoms. The lowest BCUT2D eigenvalue weighted by Crippen LogP contribution is -2.05. The molecule has 1 heteroatoms. The fraction of sp³-hybridized carbons (Fsp3) is 0.368. The van der Waals surface area contributed by atoms with Gasteiger partial charge in [-0.3, -0.25) is 0 Å². The summed E-state index contributed by atoms with van der Waals surface area (Å²) >= 11 is 0. The molecule has 0 atom stereocenters. The lowest BCUT2D eigenvalue weighted by atomic mass is 9.93. The second-order valence-corrected chi connectivity index (χ2v) is 5.37. The number of rotatable bonds is 5. The van der Waals surface area contributed by atoms with Crippen molar-refractivity contribution >= 4 is 0 Å². The summed E-state index contributed by atoms with van der Waals surface area (Å²) in [5.41, 5.74) is 8.33. The number of hydrogen-bond acceptors (Lipinski definition) is 1. The molecule has 2 aromatic rings. The Hall–Kier alpha value is -1.60. The zero-order chi connectivity index (χ0) is 14.5. The standard InChI is InChI=1S/C19H25N/c1-5-16-9-10-18(12-17(16)6-2)19-11-15(13-20-4)8-7-14(19)3/h7-12,20H,5-6,13H2,1-4H3. The van der Waals surface area contributed by atoms with Crippen LogP contribution in [0.1, 0.15) is 36.1 Å². The van der Waals surface area contributed by atoms with E-state index in [4.69, 9.17) is 0 Å². The first-order valence-corrected chi connectivity index (χ1v) is 7.55. The van der Waals surface area contributed by atoms with Gasteiger partial charge in [0, 0.05) is 6.54 Å². The Morgan fingerprint density at radius 2 is 1.65 bits per heavy atom. The van der Waals surface area contributed by atoms with Crippen molar-refractivity contribution in [3.05, 3.63) is 58.7 Å². The van der Waals surface area contributed by atoms with E-state index in [1.165, 1.54) is 33.4 Å². The van der Waals surface area contributed by atoms with E-state index in [1.54, 1.807) is 0 Å². The third-order valence-electron chi connectivity index (χ3n) is 3.96. The lowest BCUT2D eigenvalue weighted by Gasteiger charge is -2.13. The number of nitrogens with one attached hydrogen (secondary N) is 1. The summed E-state index contributed by atoms with van der Waals surface area (Å²) in [6.07, 6.45) is 2.22. The second kappa shape index (κ2) is 6.71. The number of benzene rings is 2. The summed E-state index contributed by atoms with van der Waals surface area (Å²) < 4.78 is 0. The summed E-state index contributed by atoms with van der Waals surface area (Å²) in [7, 11) is 1.99. The minimum Gasteiger partial charge on any atom is -0.316 e. The van der Waals surface area contributed by atoms with Gasteiger partial charge in [-0.05, 0) is 66.3 Å². The molecule has 0 unspecified atom stereocenters. The quantitative estimate of drug-likeness (QED) is 0.840. The zero-order valence-corrected chi connectivity index (χ0v) is 13.1. The van der Waals surface area contributed by atoms with Gasteiger partial charge in [-0.1, -0.05) is 44.2 Å². The van der Waals surface area contributed by atoms with Gasteiger partial charge < -0.3 is 5.32 Å². The summed E-state index contributed by atoms with van der Waals surface area (Å²) in [6.45, 7) is 7.58. The van der Waals surface area contributed by atoms with E-state index >= 15 is 0 Å². The van der Waals surface area contributed by atoms with Crippen LogP contribution < -0.4 is 5.32 Å². The van der Waals surface area contributed by atoms with Crippen LogP contribution in [0.3, 0.4) is 0 Å². The van der Waals surface area contributed by atoms with Crippen molar-refractivity contribution in [1.29, 1.82) is 0 Å². The van der Waals surface area contributed by atoms with Gasteiger partial charge in [-0.25, -0.2) is 0 Å². The van der Waals surface area contributed by atoms with Gasteiger partial charge in [0.1, 0.15) is 0 Å². The van der Waals surface area contributed by atoms with Crippen molar-refractivity contribution in [2.75, 3.05) is 7.05 Å². The fourth-order valence-corrected chi connectivity index (χ4v) is 2.76. The van der Waals surface area contributed by atoms with Gasteiger partial charge in [-0.15, -0.1) is 0 Å². The Morgan fingerprint density at radius 3 is 2.30 bits per heavy atom. The molecule has 0 saturated heterocycles. The van der Waals surface area contributed by atoms with Crippen LogP contribution in [-0.4, -0.2) is 7.05 Å². The van der Waals surface area contributed by atoms with Crippen LogP contribution in [0, 0.1) is 6.92 Å². The summed E-state index contributed by atoms with van der Waals surface area (Å²) in [5, 5.41) is 3.22. The van der Waals surface area contributed by atoms with Crippen molar-refractivity contribution in [3.8, 4) is 11.1 Å². The molecule has 0 saturated carbocycles. The maximum Gasteiger partial charge on any atom is 0.0202 e. The van der Waals surface area contributed by atoms with Crippen molar-refractivity contribution in [1.82, 2.24) is 5.32 Å². The molecule has 2 aromatic carbocycles. The molecule has 0 aromatic heterocycles. The highest BCUT2D eigenvalue weighted by Gasteiger charge is 2.06. The third-order valence-corrected chi connectivity index (χ3v) is 3.96. The Morgan fingerprint density at radius 1 is 0.900 bits per heavy atom. The number of aryl methyl sites for hydroxylation is 3. The maximum absolute atomic E-state index is 3.22. The summed E-state index contributed by atoms with van der Waals surface area (Å²) in [5.74, 6) is 0. The minimum atomic E-state index is 0.918. The number of hydrogen-bond donors (Lipinski definition) is 1. The first-order valence-electron chi connectivity index (χ1n) is 7.55. The van der Waals surface area contributed by atoms with Crippen molar-refractivity contribution in [2.45, 2.75) is 40.2 Å². The largest absolute Gasteiger partial charge is 0.316 e. The molecular weight excluding hydrogens is 242 g/mol. The Labute approximate surface area is 123 Å². The molecule has 0 aliphatic rings. The lowest BCUT2D eigenvalue weighted by molar-refractivity contribution is 0.818. The molecule has 0 radical (unpaired) electrons. The zero-order valence-electron chi connectivity index (χ0n) is 13.1. The van der Waals surface area contributed by atoms with E-state index in [9.17, 15) is 0 Å². The maximum atomic E-state index is 3.22. The van der Waals surface area contributed by atoms with Crippen LogP contribution in [0.5, 0.6) is 0 Å². The van der Waals surface area contributed by atoms with Crippen LogP contribution in [0.15, 0.2) is 36.4 Å². The van der Waals surface area contributed by atoms with E-state index < -0.39 is 0 Å². The van der Waals surface area contributed by atoms with Crippen LogP contribution in [0.4, 0.5) is 0 Å². The summed E-state index contributed by atoms with van der Waals surface area (Å²) in [6, 6.07) is 13.7. The van der Waals surface area contributed by atoms with Gasteiger partial charge in [0.15, 0.2) is 0 Å². The van der Waals surface area contributed by atoms with E-state index in [-0.39, 0.29) is 0 Å². The second-order valence-electron chi connectivity index (χ2n) is 5.37. The predicted octanol–water partition coefficient (Wildman–Crippen LogP) is 4.51. The molecule has 0 aliphatic heterocycles. The molecular formula is C19H25N. The van der Waals surface area contributed by atoms with Gasteiger partial charge >= 0.3 is 0 Å². The average molecular weight is 267 g/mol. The first kappa shape index (κ1) is 14.8. The monoisotopic (exact) mass is 267 g/mol. The normalized spacial score (nSPS) is 10.8. The summed E-state index contributed by atoms with van der Waals surface area (Å²) in [4.78, 5) is 0. The molecule has 1 nitrogen and oxygen atoms in total. The SMILES string of the molecule is CCc1ccc(-c2cc(CNC)ccc2C)cc1CC. The van der Waals surface area contributed by atoms with Crippen molar-refractivity contribution in [3.63, 3.8) is 0 Å². The van der Waals surface area contributed by atoms with Crippen LogP contribution >= 0.6 is 0 Å². The van der Waals surface area contributed by atoms with Crippen molar-refractivity contribution in [2.24, 2.45) is 0 Å². The Balaban J connectivity index is 2.47. The minimum absolute atomic E-state index is 0.918. The molecule has 1 N–H and O–H groups in total. The highest BCUT2D eigenvalue weighted by atomic mass is 14.8. The van der Waals surface area contributed by atoms with Gasteiger partial charge in [0.25, 0.3) is 0 Å². The first-order chi connectivity index (χ1) is 9.69. The molecule has 106 valence electrons. The topological polar surface area (TPSA) is 12.0 Å². The van der Waals surface area contributed by atoms with Gasteiger partial charge in [0.05, 0.1) is 0 Å². The fourth-order valence-electron chi connectivity index (χ4n) is 2.76. The predicted molar refractivity (Wildman–Crippen MR) is 88.1 cm³/mol. The smallest absolute Gasteiger partial charge is 0.0202 e. The van der Waals surface area contributed by atoms with Crippen LogP contribution in [0.25, 0.3) is 11.1 Å². The van der Waals surface area contributed by atoms with E-state index in [0.29, 0.717) is 0 Å². The Kier molecular flexibility index (Phi) is 4.97. The molecule has 0 heterocycles. The highest BCUT2D eigenvalue weighted by Crippen LogP contribution is 2.27. The molecule has 2 rings (SSSR count).